The number of nitrogens with zero attached hydrogens (tertiary/aromatic N) is 2. The first kappa shape index (κ1) is 20.2. The number of benzene rings is 1. The van der Waals surface area contributed by atoms with Crippen LogP contribution in [-0.2, 0) is 16.6 Å². The van der Waals surface area contributed by atoms with Gasteiger partial charge in [0.1, 0.15) is 0 Å². The summed E-state index contributed by atoms with van der Waals surface area (Å²) in [6, 6.07) is 9.62. The maximum atomic E-state index is 6.01. The third-order valence-electron chi connectivity index (χ3n) is 5.71. The fourth-order valence-electron chi connectivity index (χ4n) is 3.94. The molecule has 1 aromatic rings. The third-order valence-corrected chi connectivity index (χ3v) is 5.71. The van der Waals surface area contributed by atoms with Gasteiger partial charge in [-0.1, -0.05) is 45.0 Å². The summed E-state index contributed by atoms with van der Waals surface area (Å²) in [6.07, 6.45) is 3.84. The third kappa shape index (κ3) is 5.69. The van der Waals surface area contributed by atoms with Crippen molar-refractivity contribution in [2.45, 2.75) is 57.6 Å². The van der Waals surface area contributed by atoms with Crippen molar-refractivity contribution in [2.75, 3.05) is 39.8 Å². The van der Waals surface area contributed by atoms with E-state index in [9.17, 15) is 0 Å². The van der Waals surface area contributed by atoms with Gasteiger partial charge in [0.25, 0.3) is 0 Å². The molecule has 0 amide bonds. The van der Waals surface area contributed by atoms with E-state index < -0.39 is 0 Å². The molecule has 150 valence electrons. The van der Waals surface area contributed by atoms with Crippen molar-refractivity contribution in [3.8, 4) is 0 Å². The van der Waals surface area contributed by atoms with E-state index in [-0.39, 0.29) is 11.5 Å². The highest BCUT2D eigenvalue weighted by Gasteiger charge is 2.32. The summed E-state index contributed by atoms with van der Waals surface area (Å²) in [4.78, 5) is 6.92. The summed E-state index contributed by atoms with van der Waals surface area (Å²) < 4.78 is 6.01. The zero-order chi connectivity index (χ0) is 19.3. The van der Waals surface area contributed by atoms with Crippen LogP contribution in [0.15, 0.2) is 29.3 Å². The first-order chi connectivity index (χ1) is 13.0. The summed E-state index contributed by atoms with van der Waals surface area (Å²) in [7, 11) is 1.83. The summed E-state index contributed by atoms with van der Waals surface area (Å²) in [6.45, 7) is 11.6. The van der Waals surface area contributed by atoms with Crippen LogP contribution in [0.5, 0.6) is 0 Å². The van der Waals surface area contributed by atoms with Crippen molar-refractivity contribution >= 4 is 5.96 Å². The monoisotopic (exact) mass is 372 g/mol. The molecule has 2 atom stereocenters. The molecule has 0 saturated carbocycles. The Hall–Kier alpha value is -1.59. The van der Waals surface area contributed by atoms with E-state index in [2.05, 4.69) is 65.6 Å². The van der Waals surface area contributed by atoms with Gasteiger partial charge in [-0.3, -0.25) is 9.89 Å². The van der Waals surface area contributed by atoms with Gasteiger partial charge in [-0.25, -0.2) is 0 Å². The Morgan fingerprint density at radius 2 is 2.00 bits per heavy atom. The topological polar surface area (TPSA) is 48.9 Å². The highest BCUT2D eigenvalue weighted by atomic mass is 16.5. The molecule has 0 radical (unpaired) electrons. The van der Waals surface area contributed by atoms with Gasteiger partial charge < -0.3 is 15.4 Å². The number of guanidine groups is 1. The van der Waals surface area contributed by atoms with Crippen LogP contribution in [0.4, 0.5) is 0 Å². The van der Waals surface area contributed by atoms with Crippen LogP contribution in [0.3, 0.4) is 0 Å². The Morgan fingerprint density at radius 1 is 1.22 bits per heavy atom. The van der Waals surface area contributed by atoms with Gasteiger partial charge in [0, 0.05) is 32.7 Å². The highest BCUT2D eigenvalue weighted by Crippen LogP contribution is 2.23. The molecular formula is C22H36N4O. The van der Waals surface area contributed by atoms with Crippen molar-refractivity contribution in [3.63, 3.8) is 0 Å². The molecule has 2 unspecified atom stereocenters. The second-order valence-corrected chi connectivity index (χ2v) is 8.82. The van der Waals surface area contributed by atoms with Crippen LogP contribution in [0, 0.1) is 0 Å². The van der Waals surface area contributed by atoms with Gasteiger partial charge in [-0.05, 0) is 42.3 Å². The molecule has 1 aromatic carbocycles. The van der Waals surface area contributed by atoms with E-state index >= 15 is 0 Å². The predicted octanol–water partition coefficient (Wildman–Crippen LogP) is 2.55. The van der Waals surface area contributed by atoms with Gasteiger partial charge in [0.2, 0.25) is 0 Å². The summed E-state index contributed by atoms with van der Waals surface area (Å²) >= 11 is 0. The van der Waals surface area contributed by atoms with E-state index in [1.807, 2.05) is 7.05 Å². The quantitative estimate of drug-likeness (QED) is 0.616. The van der Waals surface area contributed by atoms with Crippen LogP contribution in [0.2, 0.25) is 0 Å². The number of ether oxygens (including phenoxy) is 1. The van der Waals surface area contributed by atoms with Crippen LogP contribution >= 0.6 is 0 Å². The Bertz CT molecular complexity index is 620. The second kappa shape index (κ2) is 9.07. The van der Waals surface area contributed by atoms with Crippen molar-refractivity contribution < 1.29 is 4.74 Å². The van der Waals surface area contributed by atoms with Gasteiger partial charge in [-0.15, -0.1) is 0 Å². The largest absolute Gasteiger partial charge is 0.373 e. The summed E-state index contributed by atoms with van der Waals surface area (Å²) in [5.41, 5.74) is 2.94. The SMILES string of the molecule is CN=C(NCCc1ccc(C(C)(C)C)cc1)NCC1CN2CCCC2CO1. The smallest absolute Gasteiger partial charge is 0.191 e. The van der Waals surface area contributed by atoms with Gasteiger partial charge in [-0.2, -0.15) is 0 Å². The molecule has 0 bridgehead atoms. The lowest BCUT2D eigenvalue weighted by Gasteiger charge is -2.35. The highest BCUT2D eigenvalue weighted by molar-refractivity contribution is 5.79. The molecule has 0 aromatic heterocycles. The first-order valence-electron chi connectivity index (χ1n) is 10.4. The molecule has 0 aliphatic carbocycles. The molecule has 2 heterocycles. The molecular weight excluding hydrogens is 336 g/mol. The lowest BCUT2D eigenvalue weighted by atomic mass is 9.86. The Kier molecular flexibility index (Phi) is 6.77. The molecule has 3 rings (SSSR count). The number of hydrogen-bond donors (Lipinski definition) is 2. The lowest BCUT2D eigenvalue weighted by Crippen LogP contribution is -2.51. The zero-order valence-electron chi connectivity index (χ0n) is 17.4. The minimum absolute atomic E-state index is 0.207. The number of fused-ring (bicyclic) bond motifs is 1. The number of nitrogens with one attached hydrogen (secondary N) is 2. The standard InChI is InChI=1S/C22H36N4O/c1-22(2,3)18-9-7-17(8-10-18)11-12-24-21(23-4)25-14-20-15-26-13-5-6-19(26)16-27-20/h7-10,19-20H,5-6,11-16H2,1-4H3,(H2,23,24,25). The number of aliphatic imine (C=N–C) groups is 1. The van der Waals surface area contributed by atoms with Crippen LogP contribution in [0.1, 0.15) is 44.7 Å². The molecule has 27 heavy (non-hydrogen) atoms. The molecule has 5 heteroatoms. The predicted molar refractivity (Wildman–Crippen MR) is 113 cm³/mol. The maximum absolute atomic E-state index is 6.01. The van der Waals surface area contributed by atoms with Crippen molar-refractivity contribution in [2.24, 2.45) is 4.99 Å². The molecule has 2 fully saturated rings. The van der Waals surface area contributed by atoms with Crippen LogP contribution in [0.25, 0.3) is 0 Å². The maximum Gasteiger partial charge on any atom is 0.191 e. The van der Waals surface area contributed by atoms with Crippen molar-refractivity contribution in [1.29, 1.82) is 0 Å². The fourth-order valence-corrected chi connectivity index (χ4v) is 3.94. The summed E-state index contributed by atoms with van der Waals surface area (Å²) in [5.74, 6) is 0.855. The molecule has 2 aliphatic rings. The minimum Gasteiger partial charge on any atom is -0.373 e. The average Bonchev–Trinajstić information content (AvgIpc) is 3.12. The van der Waals surface area contributed by atoms with Gasteiger partial charge >= 0.3 is 0 Å². The molecule has 2 saturated heterocycles. The van der Waals surface area contributed by atoms with Gasteiger partial charge in [0.05, 0.1) is 12.7 Å². The normalized spacial score (nSPS) is 23.9. The van der Waals surface area contributed by atoms with E-state index in [4.69, 9.17) is 4.74 Å². The van der Waals surface area contributed by atoms with Gasteiger partial charge in [0.15, 0.2) is 5.96 Å². The molecule has 2 aliphatic heterocycles. The molecule has 5 nitrogen and oxygen atoms in total. The van der Waals surface area contributed by atoms with Crippen molar-refractivity contribution in [1.82, 2.24) is 15.5 Å². The number of rotatable bonds is 5. The van der Waals surface area contributed by atoms with Crippen molar-refractivity contribution in [3.05, 3.63) is 35.4 Å². The minimum atomic E-state index is 0.207. The summed E-state index contributed by atoms with van der Waals surface area (Å²) in [5, 5.41) is 6.84. The van der Waals surface area contributed by atoms with Crippen LogP contribution in [-0.4, -0.2) is 62.8 Å². The number of morpholine rings is 1. The van der Waals surface area contributed by atoms with E-state index in [1.54, 1.807) is 0 Å². The second-order valence-electron chi connectivity index (χ2n) is 8.82. The zero-order valence-corrected chi connectivity index (χ0v) is 17.4. The van der Waals surface area contributed by atoms with E-state index in [1.165, 1.54) is 30.5 Å². The van der Waals surface area contributed by atoms with E-state index in [0.717, 1.165) is 38.6 Å². The average molecular weight is 373 g/mol. The Labute approximate surface area is 164 Å². The Balaban J connectivity index is 1.38. The molecule has 2 N–H and O–H groups in total. The Morgan fingerprint density at radius 3 is 2.70 bits per heavy atom. The number of hydrogen-bond acceptors (Lipinski definition) is 3. The lowest BCUT2D eigenvalue weighted by molar-refractivity contribution is -0.0453. The first-order valence-corrected chi connectivity index (χ1v) is 10.4. The van der Waals surface area contributed by atoms with E-state index in [0.29, 0.717) is 6.04 Å². The fraction of sp³-hybridized carbons (Fsp3) is 0.682. The van der Waals surface area contributed by atoms with Crippen LogP contribution < -0.4 is 10.6 Å². The molecule has 0 spiro atoms.